The highest BCUT2D eigenvalue weighted by molar-refractivity contribution is 6.31. The van der Waals surface area contributed by atoms with Crippen molar-refractivity contribution in [3.05, 3.63) is 82.6 Å². The van der Waals surface area contributed by atoms with Crippen LogP contribution in [0, 0.1) is 23.0 Å². The maximum atomic E-state index is 14.0. The molecule has 2 heterocycles. The minimum Gasteiger partial charge on any atom is -0.398 e. The van der Waals surface area contributed by atoms with Gasteiger partial charge in [0.2, 0.25) is 0 Å². The van der Waals surface area contributed by atoms with Gasteiger partial charge in [-0.1, -0.05) is 17.7 Å². The quantitative estimate of drug-likeness (QED) is 0.364. The predicted molar refractivity (Wildman–Crippen MR) is 117 cm³/mol. The first kappa shape index (κ1) is 20.3. The van der Waals surface area contributed by atoms with Gasteiger partial charge in [-0.25, -0.2) is 13.8 Å². The number of benzene rings is 2. The van der Waals surface area contributed by atoms with Crippen molar-refractivity contribution in [1.29, 1.82) is 5.26 Å². The molecule has 4 N–H and O–H groups in total. The molecule has 4 rings (SSSR count). The molecule has 4 aromatic rings. The van der Waals surface area contributed by atoms with E-state index >= 15 is 0 Å². The standard InChI is InChI=1S/C22H15ClF2N6/c23-16-6-13(4-5-18(16)25)31-22-12(8-26)9-28-20-11-30-21(7-14(20)22)29-10-15-17(24)2-1-3-19(15)27/h1-7,9,11H,10,27H2,(H,28,31)(H,29,30). The van der Waals surface area contributed by atoms with Gasteiger partial charge in [-0.05, 0) is 36.4 Å². The van der Waals surface area contributed by atoms with Crippen molar-refractivity contribution in [3.63, 3.8) is 0 Å². The number of anilines is 4. The van der Waals surface area contributed by atoms with E-state index in [4.69, 9.17) is 17.3 Å². The van der Waals surface area contributed by atoms with Crippen molar-refractivity contribution < 1.29 is 8.78 Å². The predicted octanol–water partition coefficient (Wildman–Crippen LogP) is 5.37. The second kappa shape index (κ2) is 8.42. The van der Waals surface area contributed by atoms with Crippen molar-refractivity contribution >= 4 is 45.4 Å². The lowest BCUT2D eigenvalue weighted by Gasteiger charge is -2.14. The molecular weight excluding hydrogens is 422 g/mol. The van der Waals surface area contributed by atoms with E-state index < -0.39 is 11.6 Å². The van der Waals surface area contributed by atoms with Crippen LogP contribution in [0.4, 0.5) is 31.7 Å². The number of fused-ring (bicyclic) bond motifs is 1. The van der Waals surface area contributed by atoms with E-state index in [1.165, 1.54) is 42.7 Å². The number of nitrogens with one attached hydrogen (secondary N) is 2. The maximum absolute atomic E-state index is 14.0. The van der Waals surface area contributed by atoms with Gasteiger partial charge in [0.1, 0.15) is 23.5 Å². The Balaban J connectivity index is 1.71. The lowest BCUT2D eigenvalue weighted by atomic mass is 10.1. The second-order valence-electron chi connectivity index (χ2n) is 6.66. The fourth-order valence-corrected chi connectivity index (χ4v) is 3.25. The number of hydrogen-bond donors (Lipinski definition) is 3. The fraction of sp³-hybridized carbons (Fsp3) is 0.0455. The Morgan fingerprint density at radius 1 is 1.06 bits per heavy atom. The van der Waals surface area contributed by atoms with Crippen LogP contribution >= 0.6 is 11.6 Å². The average molecular weight is 437 g/mol. The molecule has 0 aliphatic heterocycles. The number of nitrogens with zero attached hydrogens (tertiary/aromatic N) is 3. The van der Waals surface area contributed by atoms with Crippen molar-refractivity contribution in [1.82, 2.24) is 9.97 Å². The molecule has 0 saturated heterocycles. The van der Waals surface area contributed by atoms with Crippen LogP contribution in [0.1, 0.15) is 11.1 Å². The lowest BCUT2D eigenvalue weighted by Crippen LogP contribution is -2.07. The van der Waals surface area contributed by atoms with E-state index in [0.717, 1.165) is 0 Å². The third-order valence-corrected chi connectivity index (χ3v) is 4.95. The molecule has 31 heavy (non-hydrogen) atoms. The van der Waals surface area contributed by atoms with Gasteiger partial charge in [0.05, 0.1) is 28.0 Å². The zero-order valence-corrected chi connectivity index (χ0v) is 16.7. The highest BCUT2D eigenvalue weighted by Crippen LogP contribution is 2.31. The third-order valence-electron chi connectivity index (χ3n) is 4.67. The van der Waals surface area contributed by atoms with Crippen LogP contribution in [0.2, 0.25) is 5.02 Å². The van der Waals surface area contributed by atoms with Gasteiger partial charge in [-0.15, -0.1) is 0 Å². The van der Waals surface area contributed by atoms with Gasteiger partial charge in [-0.2, -0.15) is 5.26 Å². The monoisotopic (exact) mass is 436 g/mol. The molecule has 2 aromatic carbocycles. The van der Waals surface area contributed by atoms with Crippen LogP contribution in [0.15, 0.2) is 54.9 Å². The zero-order valence-electron chi connectivity index (χ0n) is 16.0. The molecule has 0 saturated carbocycles. The molecule has 0 unspecified atom stereocenters. The summed E-state index contributed by atoms with van der Waals surface area (Å²) in [5, 5.41) is 16.2. The number of nitrogen functional groups attached to an aromatic ring is 1. The molecule has 9 heteroatoms. The molecule has 0 fully saturated rings. The summed E-state index contributed by atoms with van der Waals surface area (Å²) in [7, 11) is 0. The number of hydrogen-bond acceptors (Lipinski definition) is 6. The smallest absolute Gasteiger partial charge is 0.141 e. The molecule has 0 amide bonds. The van der Waals surface area contributed by atoms with Crippen LogP contribution in [-0.2, 0) is 6.54 Å². The van der Waals surface area contributed by atoms with E-state index in [2.05, 4.69) is 26.7 Å². The second-order valence-corrected chi connectivity index (χ2v) is 7.07. The van der Waals surface area contributed by atoms with Crippen molar-refractivity contribution in [2.75, 3.05) is 16.4 Å². The normalized spacial score (nSPS) is 10.6. The third kappa shape index (κ3) is 4.17. The summed E-state index contributed by atoms with van der Waals surface area (Å²) in [5.74, 6) is -0.528. The van der Waals surface area contributed by atoms with Crippen LogP contribution in [0.3, 0.4) is 0 Å². The number of halogens is 3. The molecule has 2 aromatic heterocycles. The molecule has 0 radical (unpaired) electrons. The molecule has 0 aliphatic rings. The molecule has 0 aliphatic carbocycles. The zero-order chi connectivity index (χ0) is 22.0. The molecule has 0 bridgehead atoms. The Morgan fingerprint density at radius 3 is 2.65 bits per heavy atom. The summed E-state index contributed by atoms with van der Waals surface area (Å²) >= 11 is 5.87. The van der Waals surface area contributed by atoms with E-state index in [1.54, 1.807) is 12.1 Å². The fourth-order valence-electron chi connectivity index (χ4n) is 3.07. The number of nitriles is 1. The van der Waals surface area contributed by atoms with Gasteiger partial charge in [-0.3, -0.25) is 4.98 Å². The summed E-state index contributed by atoms with van der Waals surface area (Å²) < 4.78 is 27.5. The van der Waals surface area contributed by atoms with Gasteiger partial charge < -0.3 is 16.4 Å². The molecule has 154 valence electrons. The topological polar surface area (TPSA) is 99.7 Å². The minimum absolute atomic E-state index is 0.0478. The molecule has 0 spiro atoms. The summed E-state index contributed by atoms with van der Waals surface area (Å²) in [4.78, 5) is 8.55. The molecular formula is C22H15ClF2N6. The molecule has 6 nitrogen and oxygen atoms in total. The number of rotatable bonds is 5. The van der Waals surface area contributed by atoms with Crippen molar-refractivity contribution in [2.24, 2.45) is 0 Å². The highest BCUT2D eigenvalue weighted by Gasteiger charge is 2.13. The van der Waals surface area contributed by atoms with Gasteiger partial charge in [0, 0.05) is 35.1 Å². The number of aromatic nitrogens is 2. The lowest BCUT2D eigenvalue weighted by molar-refractivity contribution is 0.614. The van der Waals surface area contributed by atoms with Crippen LogP contribution in [0.5, 0.6) is 0 Å². The summed E-state index contributed by atoms with van der Waals surface area (Å²) in [6.07, 6.45) is 2.96. The van der Waals surface area contributed by atoms with Gasteiger partial charge >= 0.3 is 0 Å². The SMILES string of the molecule is N#Cc1cnc2cnc(NCc3c(N)cccc3F)cc2c1Nc1ccc(F)c(Cl)c1. The Kier molecular flexibility index (Phi) is 5.52. The summed E-state index contributed by atoms with van der Waals surface area (Å²) in [5.41, 5.74) is 8.29. The van der Waals surface area contributed by atoms with Crippen molar-refractivity contribution in [2.45, 2.75) is 6.54 Å². The number of nitrogens with two attached hydrogens (primary N) is 1. The Hall–Kier alpha value is -3.96. The molecule has 0 atom stereocenters. The van der Waals surface area contributed by atoms with Gasteiger partial charge in [0.25, 0.3) is 0 Å². The largest absolute Gasteiger partial charge is 0.398 e. The first-order valence-corrected chi connectivity index (χ1v) is 9.51. The van der Waals surface area contributed by atoms with Crippen molar-refractivity contribution in [3.8, 4) is 6.07 Å². The maximum Gasteiger partial charge on any atom is 0.141 e. The Labute approximate surface area is 181 Å². The van der Waals surface area contributed by atoms with Crippen LogP contribution in [-0.4, -0.2) is 9.97 Å². The average Bonchev–Trinajstić information content (AvgIpc) is 2.76. The summed E-state index contributed by atoms with van der Waals surface area (Å²) in [6.45, 7) is 0.124. The Bertz CT molecular complexity index is 1320. The van der Waals surface area contributed by atoms with E-state index in [0.29, 0.717) is 39.3 Å². The minimum atomic E-state index is -0.546. The number of pyridine rings is 2. The van der Waals surface area contributed by atoms with E-state index in [-0.39, 0.29) is 17.1 Å². The van der Waals surface area contributed by atoms with Gasteiger partial charge in [0.15, 0.2) is 0 Å². The first-order chi connectivity index (χ1) is 15.0. The van der Waals surface area contributed by atoms with Crippen LogP contribution < -0.4 is 16.4 Å². The Morgan fingerprint density at radius 2 is 1.90 bits per heavy atom. The summed E-state index contributed by atoms with van der Waals surface area (Å²) in [6, 6.07) is 12.4. The van der Waals surface area contributed by atoms with E-state index in [9.17, 15) is 14.0 Å². The van der Waals surface area contributed by atoms with Crippen LogP contribution in [0.25, 0.3) is 10.9 Å². The highest BCUT2D eigenvalue weighted by atomic mass is 35.5. The first-order valence-electron chi connectivity index (χ1n) is 9.14. The van der Waals surface area contributed by atoms with E-state index in [1.807, 2.05) is 0 Å².